The van der Waals surface area contributed by atoms with E-state index in [4.69, 9.17) is 11.0 Å². The van der Waals surface area contributed by atoms with E-state index in [1.807, 2.05) is 51.1 Å². The molecule has 1 rings (SSSR count). The predicted octanol–water partition coefficient (Wildman–Crippen LogP) is 2.32. The number of benzene rings is 1. The molecule has 0 aromatic heterocycles. The monoisotopic (exact) mass is 227 g/mol. The second kappa shape index (κ2) is 3.97. The molecule has 0 heterocycles. The fourth-order valence-corrected chi connectivity index (χ4v) is 3.04. The number of hydrogen-bond donors (Lipinski definition) is 2. The summed E-state index contributed by atoms with van der Waals surface area (Å²) in [6.07, 6.45) is 0. The normalized spacial score (nSPS) is 12.6. The van der Waals surface area contributed by atoms with Gasteiger partial charge in [0.1, 0.15) is 0 Å². The molecule has 0 unspecified atom stereocenters. The molecule has 0 aliphatic carbocycles. The van der Waals surface area contributed by atoms with Gasteiger partial charge in [-0.2, -0.15) is 0 Å². The van der Waals surface area contributed by atoms with Crippen LogP contribution in [-0.4, -0.2) is 5.54 Å². The Morgan fingerprint density at radius 1 is 1.13 bits per heavy atom. The van der Waals surface area contributed by atoms with Crippen LogP contribution >= 0.6 is 7.59 Å². The Hall–Kier alpha value is -0.830. The lowest BCUT2D eigenvalue weighted by molar-refractivity contribution is 0.532. The van der Waals surface area contributed by atoms with Crippen LogP contribution < -0.4 is 15.7 Å². The molecule has 0 amide bonds. The molecule has 0 fully saturated rings. The highest BCUT2D eigenvalue weighted by molar-refractivity contribution is 7.60. The van der Waals surface area contributed by atoms with E-state index in [1.54, 1.807) is 4.67 Å². The highest BCUT2D eigenvalue weighted by Gasteiger charge is 2.32. The van der Waals surface area contributed by atoms with Gasteiger partial charge in [-0.05, 0) is 32.9 Å². The maximum Gasteiger partial charge on any atom is 0.301 e. The zero-order valence-electron chi connectivity index (χ0n) is 9.34. The summed E-state index contributed by atoms with van der Waals surface area (Å²) in [6, 6.07) is 9.31. The minimum Gasteiger partial charge on any atom is -0.294 e. The molecule has 0 saturated heterocycles. The van der Waals surface area contributed by atoms with Crippen molar-refractivity contribution in [1.82, 2.24) is 0 Å². The van der Waals surface area contributed by atoms with E-state index in [2.05, 4.69) is 0 Å². The van der Waals surface area contributed by atoms with Crippen LogP contribution in [0.2, 0.25) is 0 Å². The maximum atomic E-state index is 11.8. The van der Waals surface area contributed by atoms with Crippen molar-refractivity contribution in [3.63, 3.8) is 0 Å². The van der Waals surface area contributed by atoms with Crippen molar-refractivity contribution >= 4 is 13.3 Å². The van der Waals surface area contributed by atoms with Gasteiger partial charge in [-0.1, -0.05) is 18.2 Å². The van der Waals surface area contributed by atoms with Crippen molar-refractivity contribution in [3.8, 4) is 0 Å². The van der Waals surface area contributed by atoms with Gasteiger partial charge in [-0.25, -0.2) is 0 Å². The van der Waals surface area contributed by atoms with Crippen LogP contribution in [0.4, 0.5) is 5.69 Å². The average Bonchev–Trinajstić information content (AvgIpc) is 2.00. The molecule has 84 valence electrons. The van der Waals surface area contributed by atoms with E-state index in [0.29, 0.717) is 0 Å². The number of anilines is 1. The van der Waals surface area contributed by atoms with E-state index < -0.39 is 7.59 Å². The van der Waals surface area contributed by atoms with Gasteiger partial charge in [-0.3, -0.25) is 20.2 Å². The summed E-state index contributed by atoms with van der Waals surface area (Å²) in [6.45, 7) is 5.77. The van der Waals surface area contributed by atoms with Gasteiger partial charge < -0.3 is 0 Å². The second-order valence-electron chi connectivity index (χ2n) is 4.49. The summed E-state index contributed by atoms with van der Waals surface area (Å²) < 4.78 is 13.4. The number of para-hydroxylation sites is 1. The summed E-state index contributed by atoms with van der Waals surface area (Å²) in [7, 11) is -3.29. The Morgan fingerprint density at radius 3 is 1.93 bits per heavy atom. The van der Waals surface area contributed by atoms with Crippen molar-refractivity contribution in [2.24, 2.45) is 11.0 Å². The van der Waals surface area contributed by atoms with Crippen LogP contribution in [0.3, 0.4) is 0 Å². The third-order valence-corrected chi connectivity index (χ3v) is 3.40. The summed E-state index contributed by atoms with van der Waals surface area (Å²) in [5.74, 6) is 0. The molecular formula is C10H18N3OP. The Balaban J connectivity index is 3.21. The maximum absolute atomic E-state index is 11.8. The van der Waals surface area contributed by atoms with E-state index in [1.165, 1.54) is 0 Å². The minimum atomic E-state index is -3.29. The third-order valence-electron chi connectivity index (χ3n) is 1.95. The molecule has 15 heavy (non-hydrogen) atoms. The summed E-state index contributed by atoms with van der Waals surface area (Å²) in [5, 5.41) is 0. The van der Waals surface area contributed by atoms with Gasteiger partial charge >= 0.3 is 7.59 Å². The number of hydrogen-bond acceptors (Lipinski definition) is 1. The predicted molar refractivity (Wildman–Crippen MR) is 64.7 cm³/mol. The van der Waals surface area contributed by atoms with Crippen molar-refractivity contribution < 1.29 is 4.57 Å². The molecule has 0 bridgehead atoms. The second-order valence-corrected chi connectivity index (χ2v) is 6.24. The van der Waals surface area contributed by atoms with Crippen molar-refractivity contribution in [2.45, 2.75) is 26.3 Å². The van der Waals surface area contributed by atoms with E-state index in [0.717, 1.165) is 5.69 Å². The topological polar surface area (TPSA) is 72.3 Å². The molecular weight excluding hydrogens is 209 g/mol. The SMILES string of the molecule is CC(C)(C)N(c1ccccc1)P(N)(N)=O. The summed E-state index contributed by atoms with van der Waals surface area (Å²) >= 11 is 0. The number of rotatable bonds is 2. The molecule has 0 spiro atoms. The molecule has 4 N–H and O–H groups in total. The Morgan fingerprint density at radius 2 is 1.60 bits per heavy atom. The largest absolute Gasteiger partial charge is 0.301 e. The Kier molecular flexibility index (Phi) is 3.24. The van der Waals surface area contributed by atoms with Crippen LogP contribution in [0, 0.1) is 0 Å². The van der Waals surface area contributed by atoms with E-state index >= 15 is 0 Å². The molecule has 1 aromatic carbocycles. The lowest BCUT2D eigenvalue weighted by atomic mass is 10.1. The third kappa shape index (κ3) is 3.06. The molecule has 0 radical (unpaired) electrons. The smallest absolute Gasteiger partial charge is 0.294 e. The molecule has 0 saturated carbocycles. The first-order chi connectivity index (χ1) is 6.73. The van der Waals surface area contributed by atoms with Gasteiger partial charge in [0.15, 0.2) is 0 Å². The van der Waals surface area contributed by atoms with Gasteiger partial charge in [-0.15, -0.1) is 0 Å². The Labute approximate surface area is 90.8 Å². The minimum absolute atomic E-state index is 0.375. The van der Waals surface area contributed by atoms with Crippen LogP contribution in [-0.2, 0) is 4.57 Å². The van der Waals surface area contributed by atoms with E-state index in [9.17, 15) is 4.57 Å². The van der Waals surface area contributed by atoms with Gasteiger partial charge in [0.05, 0.1) is 0 Å². The molecule has 0 aliphatic heterocycles. The lowest BCUT2D eigenvalue weighted by Gasteiger charge is -2.39. The summed E-state index contributed by atoms with van der Waals surface area (Å²) in [4.78, 5) is 0. The van der Waals surface area contributed by atoms with Gasteiger partial charge in [0.25, 0.3) is 0 Å². The first-order valence-electron chi connectivity index (χ1n) is 4.76. The molecule has 1 aromatic rings. The van der Waals surface area contributed by atoms with Crippen molar-refractivity contribution in [1.29, 1.82) is 0 Å². The van der Waals surface area contributed by atoms with Crippen LogP contribution in [0.5, 0.6) is 0 Å². The molecule has 0 aliphatic rings. The van der Waals surface area contributed by atoms with Crippen molar-refractivity contribution in [2.75, 3.05) is 4.67 Å². The lowest BCUT2D eigenvalue weighted by Crippen LogP contribution is -2.43. The van der Waals surface area contributed by atoms with Gasteiger partial charge in [0.2, 0.25) is 0 Å². The zero-order valence-corrected chi connectivity index (χ0v) is 10.2. The standard InChI is InChI=1S/C10H18N3OP/c1-10(2,3)13(15(11,12)14)9-7-5-4-6-8-9/h4-8H,1-3H3,(H4,11,12,14). The van der Waals surface area contributed by atoms with E-state index in [-0.39, 0.29) is 5.54 Å². The summed E-state index contributed by atoms with van der Waals surface area (Å²) in [5.41, 5.74) is 11.5. The Bertz CT molecular complexity index is 366. The first kappa shape index (κ1) is 12.2. The highest BCUT2D eigenvalue weighted by Crippen LogP contribution is 2.42. The molecule has 5 heteroatoms. The average molecular weight is 227 g/mol. The fraction of sp³-hybridized carbons (Fsp3) is 0.400. The highest BCUT2D eigenvalue weighted by atomic mass is 31.2. The van der Waals surface area contributed by atoms with Gasteiger partial charge in [0, 0.05) is 11.2 Å². The first-order valence-corrected chi connectivity index (χ1v) is 6.55. The number of nitrogens with two attached hydrogens (primary N) is 2. The molecule has 0 atom stereocenters. The number of nitrogens with zero attached hydrogens (tertiary/aromatic N) is 1. The zero-order chi connectivity index (χ0) is 11.7. The van der Waals surface area contributed by atoms with Crippen LogP contribution in [0.1, 0.15) is 20.8 Å². The van der Waals surface area contributed by atoms with Crippen LogP contribution in [0.25, 0.3) is 0 Å². The van der Waals surface area contributed by atoms with Crippen molar-refractivity contribution in [3.05, 3.63) is 30.3 Å². The van der Waals surface area contributed by atoms with Crippen LogP contribution in [0.15, 0.2) is 30.3 Å². The fourth-order valence-electron chi connectivity index (χ4n) is 1.61. The quantitative estimate of drug-likeness (QED) is 0.760. The molecule has 4 nitrogen and oxygen atoms in total.